The van der Waals surface area contributed by atoms with Crippen LogP contribution in [-0.2, 0) is 10.0 Å². The number of hydrogen-bond donors (Lipinski definition) is 0. The molecule has 0 saturated carbocycles. The lowest BCUT2D eigenvalue weighted by Gasteiger charge is -2.25. The molecular formula is C12H18BrNO2S. The summed E-state index contributed by atoms with van der Waals surface area (Å²) in [4.78, 5) is 0.359. The summed E-state index contributed by atoms with van der Waals surface area (Å²) in [5.74, 6) is 0. The average molecular weight is 320 g/mol. The van der Waals surface area contributed by atoms with Crippen LogP contribution in [0.1, 0.15) is 19.4 Å². The number of nitrogens with zero attached hydrogens (tertiary/aromatic N) is 1. The molecular weight excluding hydrogens is 302 g/mol. The lowest BCUT2D eigenvalue weighted by molar-refractivity contribution is 0.372. The monoisotopic (exact) mass is 319 g/mol. The van der Waals surface area contributed by atoms with Crippen LogP contribution in [0.15, 0.2) is 29.2 Å². The molecule has 1 aromatic carbocycles. The van der Waals surface area contributed by atoms with Gasteiger partial charge in [0.15, 0.2) is 0 Å². The average Bonchev–Trinajstić information content (AvgIpc) is 2.25. The zero-order valence-corrected chi connectivity index (χ0v) is 12.8. The Morgan fingerprint density at radius 3 is 2.18 bits per heavy atom. The Kier molecular flexibility index (Phi) is 5.16. The quantitative estimate of drug-likeness (QED) is 0.783. The van der Waals surface area contributed by atoms with Crippen molar-refractivity contribution in [2.75, 3.05) is 11.9 Å². The Morgan fingerprint density at radius 1 is 1.24 bits per heavy atom. The Hall–Kier alpha value is -0.390. The minimum Gasteiger partial charge on any atom is -0.207 e. The normalized spacial score (nSPS) is 12.4. The first-order valence-corrected chi connectivity index (χ1v) is 8.10. The summed E-state index contributed by atoms with van der Waals surface area (Å²) in [7, 11) is -3.38. The van der Waals surface area contributed by atoms with E-state index in [0.717, 1.165) is 5.56 Å². The molecule has 0 saturated heterocycles. The van der Waals surface area contributed by atoms with Gasteiger partial charge in [-0.3, -0.25) is 0 Å². The van der Waals surface area contributed by atoms with E-state index in [4.69, 9.17) is 0 Å². The van der Waals surface area contributed by atoms with Crippen molar-refractivity contribution in [3.8, 4) is 0 Å². The second kappa shape index (κ2) is 5.98. The Balaban J connectivity index is 3.12. The third kappa shape index (κ3) is 3.53. The van der Waals surface area contributed by atoms with Crippen LogP contribution < -0.4 is 0 Å². The number of rotatable bonds is 5. The predicted octanol–water partition coefficient (Wildman–Crippen LogP) is 2.79. The van der Waals surface area contributed by atoms with Crippen molar-refractivity contribution in [1.29, 1.82) is 0 Å². The van der Waals surface area contributed by atoms with Gasteiger partial charge in [0, 0.05) is 17.9 Å². The van der Waals surface area contributed by atoms with Crippen LogP contribution in [0.3, 0.4) is 0 Å². The Bertz CT molecular complexity index is 454. The van der Waals surface area contributed by atoms with E-state index in [1.165, 1.54) is 4.31 Å². The van der Waals surface area contributed by atoms with Crippen LogP contribution in [0.5, 0.6) is 0 Å². The van der Waals surface area contributed by atoms with Gasteiger partial charge >= 0.3 is 0 Å². The van der Waals surface area contributed by atoms with Gasteiger partial charge in [0.25, 0.3) is 0 Å². The number of benzene rings is 1. The van der Waals surface area contributed by atoms with Gasteiger partial charge < -0.3 is 0 Å². The van der Waals surface area contributed by atoms with E-state index >= 15 is 0 Å². The summed E-state index contributed by atoms with van der Waals surface area (Å²) >= 11 is 3.29. The van der Waals surface area contributed by atoms with Gasteiger partial charge in [-0.05, 0) is 32.9 Å². The fraction of sp³-hybridized carbons (Fsp3) is 0.500. The van der Waals surface area contributed by atoms with Crippen molar-refractivity contribution in [3.63, 3.8) is 0 Å². The second-order valence-corrected chi connectivity index (χ2v) is 6.90. The van der Waals surface area contributed by atoms with E-state index in [1.54, 1.807) is 12.1 Å². The largest absolute Gasteiger partial charge is 0.243 e. The summed E-state index contributed by atoms with van der Waals surface area (Å²) < 4.78 is 26.3. The Labute approximate surface area is 112 Å². The van der Waals surface area contributed by atoms with Gasteiger partial charge in [0.1, 0.15) is 0 Å². The van der Waals surface area contributed by atoms with Crippen molar-refractivity contribution in [3.05, 3.63) is 29.8 Å². The van der Waals surface area contributed by atoms with Gasteiger partial charge in [-0.1, -0.05) is 33.6 Å². The van der Waals surface area contributed by atoms with E-state index in [-0.39, 0.29) is 6.04 Å². The first kappa shape index (κ1) is 14.7. The van der Waals surface area contributed by atoms with Crippen LogP contribution in [-0.4, -0.2) is 30.6 Å². The molecule has 0 aromatic heterocycles. The molecule has 0 spiro atoms. The molecule has 0 radical (unpaired) electrons. The van der Waals surface area contributed by atoms with E-state index in [1.807, 2.05) is 32.9 Å². The molecule has 0 aliphatic heterocycles. The first-order valence-electron chi connectivity index (χ1n) is 5.54. The van der Waals surface area contributed by atoms with Crippen LogP contribution >= 0.6 is 15.9 Å². The molecule has 5 heteroatoms. The Morgan fingerprint density at radius 2 is 1.76 bits per heavy atom. The van der Waals surface area contributed by atoms with Gasteiger partial charge in [-0.25, -0.2) is 8.42 Å². The standard InChI is InChI=1S/C12H18BrNO2S/c1-10(2)14(9-8-13)17(15,16)12-6-4-11(3)5-7-12/h4-7,10H,8-9H2,1-3H3. The highest BCUT2D eigenvalue weighted by atomic mass is 79.9. The molecule has 96 valence electrons. The zero-order valence-electron chi connectivity index (χ0n) is 10.4. The summed E-state index contributed by atoms with van der Waals surface area (Å²) in [6.07, 6.45) is 0. The van der Waals surface area contributed by atoms with Crippen LogP contribution in [0, 0.1) is 6.92 Å². The minimum atomic E-state index is -3.38. The van der Waals surface area contributed by atoms with E-state index < -0.39 is 10.0 Å². The lowest BCUT2D eigenvalue weighted by atomic mass is 10.2. The molecule has 0 aliphatic carbocycles. The van der Waals surface area contributed by atoms with Crippen molar-refractivity contribution >= 4 is 26.0 Å². The van der Waals surface area contributed by atoms with Crippen molar-refractivity contribution in [2.45, 2.75) is 31.7 Å². The molecule has 3 nitrogen and oxygen atoms in total. The van der Waals surface area contributed by atoms with Gasteiger partial charge in [0.05, 0.1) is 4.90 Å². The molecule has 0 N–H and O–H groups in total. The first-order chi connectivity index (χ1) is 7.89. The zero-order chi connectivity index (χ0) is 13.1. The number of hydrogen-bond acceptors (Lipinski definition) is 2. The minimum absolute atomic E-state index is 0.0427. The van der Waals surface area contributed by atoms with Crippen molar-refractivity contribution in [2.24, 2.45) is 0 Å². The fourth-order valence-corrected chi connectivity index (χ4v) is 3.84. The molecule has 1 aromatic rings. The molecule has 0 atom stereocenters. The summed E-state index contributed by atoms with van der Waals surface area (Å²) in [5.41, 5.74) is 1.06. The highest BCUT2D eigenvalue weighted by molar-refractivity contribution is 9.09. The van der Waals surface area contributed by atoms with E-state index in [2.05, 4.69) is 15.9 Å². The van der Waals surface area contributed by atoms with Crippen molar-refractivity contribution in [1.82, 2.24) is 4.31 Å². The van der Waals surface area contributed by atoms with Gasteiger partial charge in [-0.2, -0.15) is 4.31 Å². The molecule has 17 heavy (non-hydrogen) atoms. The highest BCUT2D eigenvalue weighted by Crippen LogP contribution is 2.18. The molecule has 0 aliphatic rings. The third-order valence-electron chi connectivity index (χ3n) is 2.51. The molecule has 0 unspecified atom stereocenters. The smallest absolute Gasteiger partial charge is 0.207 e. The van der Waals surface area contributed by atoms with Gasteiger partial charge in [0.2, 0.25) is 10.0 Å². The maximum absolute atomic E-state index is 12.4. The SMILES string of the molecule is Cc1ccc(S(=O)(=O)N(CCBr)C(C)C)cc1. The molecule has 1 rings (SSSR count). The maximum Gasteiger partial charge on any atom is 0.243 e. The lowest BCUT2D eigenvalue weighted by Crippen LogP contribution is -2.38. The topological polar surface area (TPSA) is 37.4 Å². The van der Waals surface area contributed by atoms with Crippen molar-refractivity contribution < 1.29 is 8.42 Å². The van der Waals surface area contributed by atoms with Gasteiger partial charge in [-0.15, -0.1) is 0 Å². The highest BCUT2D eigenvalue weighted by Gasteiger charge is 2.25. The second-order valence-electron chi connectivity index (χ2n) is 4.21. The molecule has 0 bridgehead atoms. The summed E-state index contributed by atoms with van der Waals surface area (Å²) in [6, 6.07) is 6.92. The fourth-order valence-electron chi connectivity index (χ4n) is 1.58. The number of aryl methyl sites for hydroxylation is 1. The number of halogens is 1. The number of sulfonamides is 1. The van der Waals surface area contributed by atoms with Crippen LogP contribution in [0.25, 0.3) is 0 Å². The maximum atomic E-state index is 12.4. The molecule has 0 heterocycles. The molecule has 0 amide bonds. The van der Waals surface area contributed by atoms with E-state index in [9.17, 15) is 8.42 Å². The predicted molar refractivity (Wildman–Crippen MR) is 74.0 cm³/mol. The van der Waals surface area contributed by atoms with Crippen LogP contribution in [0.2, 0.25) is 0 Å². The summed E-state index contributed by atoms with van der Waals surface area (Å²) in [5, 5.41) is 0.635. The molecule has 0 fully saturated rings. The van der Waals surface area contributed by atoms with E-state index in [0.29, 0.717) is 16.8 Å². The van der Waals surface area contributed by atoms with Crippen LogP contribution in [0.4, 0.5) is 0 Å². The summed E-state index contributed by atoms with van der Waals surface area (Å²) in [6.45, 7) is 6.19. The number of alkyl halides is 1. The third-order valence-corrected chi connectivity index (χ3v) is 4.95.